The molecule has 0 bridgehead atoms. The fraction of sp³-hybridized carbons (Fsp3) is 0.250. The lowest BCUT2D eigenvalue weighted by atomic mass is 10.2. The van der Waals surface area contributed by atoms with Crippen molar-refractivity contribution in [2.45, 2.75) is 18.9 Å². The zero-order chi connectivity index (χ0) is 11.9. The van der Waals surface area contributed by atoms with Crippen molar-refractivity contribution >= 4 is 27.6 Å². The minimum absolute atomic E-state index is 0.499. The van der Waals surface area contributed by atoms with Crippen LogP contribution < -0.4 is 5.32 Å². The molecule has 1 fully saturated rings. The third-order valence-corrected chi connectivity index (χ3v) is 3.74. The van der Waals surface area contributed by atoms with Crippen molar-refractivity contribution < 1.29 is 4.52 Å². The van der Waals surface area contributed by atoms with E-state index < -0.39 is 0 Å². The molecule has 4 rings (SSSR count). The van der Waals surface area contributed by atoms with E-state index in [1.807, 2.05) is 17.5 Å². The molecule has 1 aliphatic carbocycles. The zero-order valence-corrected chi connectivity index (χ0v) is 10.3. The number of fused-ring (bicyclic) bond motifs is 1. The molecule has 1 saturated carbocycles. The van der Waals surface area contributed by atoms with Crippen molar-refractivity contribution in [3.05, 3.63) is 23.7 Å². The Morgan fingerprint density at radius 1 is 1.39 bits per heavy atom. The van der Waals surface area contributed by atoms with Crippen LogP contribution >= 0.6 is 11.3 Å². The molecule has 0 amide bonds. The summed E-state index contributed by atoms with van der Waals surface area (Å²) in [6.07, 6.45) is 4.14. The summed E-state index contributed by atoms with van der Waals surface area (Å²) < 4.78 is 6.30. The van der Waals surface area contributed by atoms with Crippen LogP contribution in [0.1, 0.15) is 12.8 Å². The van der Waals surface area contributed by atoms with E-state index in [0.717, 1.165) is 15.8 Å². The van der Waals surface area contributed by atoms with Crippen LogP contribution in [-0.2, 0) is 0 Å². The van der Waals surface area contributed by atoms with E-state index in [1.54, 1.807) is 17.5 Å². The van der Waals surface area contributed by atoms with Gasteiger partial charge in [0.05, 0.1) is 10.2 Å². The third-order valence-electron chi connectivity index (χ3n) is 2.89. The molecule has 0 spiro atoms. The molecule has 3 aromatic rings. The quantitative estimate of drug-likeness (QED) is 0.782. The van der Waals surface area contributed by atoms with Gasteiger partial charge in [0.2, 0.25) is 5.82 Å². The lowest BCUT2D eigenvalue weighted by Gasteiger charge is -1.94. The molecule has 90 valence electrons. The first-order chi connectivity index (χ1) is 8.88. The molecular formula is C12H10N4OS. The summed E-state index contributed by atoms with van der Waals surface area (Å²) >= 11 is 1.66. The van der Waals surface area contributed by atoms with Crippen LogP contribution in [0.3, 0.4) is 0 Å². The van der Waals surface area contributed by atoms with E-state index in [9.17, 15) is 0 Å². The summed E-state index contributed by atoms with van der Waals surface area (Å²) in [5.74, 6) is 0.584. The molecule has 1 N–H and O–H groups in total. The van der Waals surface area contributed by atoms with Gasteiger partial charge in [-0.2, -0.15) is 4.98 Å². The van der Waals surface area contributed by atoms with Gasteiger partial charge in [-0.15, -0.1) is 11.3 Å². The van der Waals surface area contributed by atoms with Crippen LogP contribution in [0.2, 0.25) is 0 Å². The largest absolute Gasteiger partial charge is 0.335 e. The second-order valence-electron chi connectivity index (χ2n) is 4.37. The smallest absolute Gasteiger partial charge is 0.322 e. The minimum atomic E-state index is 0.499. The van der Waals surface area contributed by atoms with Crippen LogP contribution in [-0.4, -0.2) is 21.2 Å². The molecule has 0 aromatic carbocycles. The molecule has 18 heavy (non-hydrogen) atoms. The number of anilines is 1. The zero-order valence-electron chi connectivity index (χ0n) is 9.46. The highest BCUT2D eigenvalue weighted by Gasteiger charge is 2.23. The molecule has 0 radical (unpaired) electrons. The first-order valence-corrected chi connectivity index (χ1v) is 6.70. The van der Waals surface area contributed by atoms with Gasteiger partial charge in [-0.05, 0) is 30.4 Å². The van der Waals surface area contributed by atoms with Gasteiger partial charge in [0.1, 0.15) is 0 Å². The lowest BCUT2D eigenvalue weighted by Crippen LogP contribution is -2.00. The molecule has 0 unspecified atom stereocenters. The molecule has 5 nitrogen and oxygen atoms in total. The van der Waals surface area contributed by atoms with Gasteiger partial charge in [-0.1, -0.05) is 5.16 Å². The van der Waals surface area contributed by atoms with Crippen LogP contribution in [0.15, 0.2) is 28.2 Å². The number of nitrogens with one attached hydrogen (secondary N) is 1. The summed E-state index contributed by atoms with van der Waals surface area (Å²) in [6, 6.07) is 5.05. The number of nitrogens with zero attached hydrogens (tertiary/aromatic N) is 3. The summed E-state index contributed by atoms with van der Waals surface area (Å²) in [5, 5.41) is 9.18. The SMILES string of the molecule is c1cc2ncc(-c3noc(NC4CC4)n3)cc2s1. The molecule has 3 heterocycles. The van der Waals surface area contributed by atoms with E-state index in [4.69, 9.17) is 4.52 Å². The van der Waals surface area contributed by atoms with E-state index in [2.05, 4.69) is 20.4 Å². The average molecular weight is 258 g/mol. The second kappa shape index (κ2) is 3.78. The van der Waals surface area contributed by atoms with Gasteiger partial charge in [0.15, 0.2) is 0 Å². The van der Waals surface area contributed by atoms with Crippen molar-refractivity contribution in [3.8, 4) is 11.4 Å². The second-order valence-corrected chi connectivity index (χ2v) is 5.32. The summed E-state index contributed by atoms with van der Waals surface area (Å²) in [6.45, 7) is 0. The van der Waals surface area contributed by atoms with Gasteiger partial charge in [-0.3, -0.25) is 4.98 Å². The fourth-order valence-electron chi connectivity index (χ4n) is 1.77. The number of hydrogen-bond acceptors (Lipinski definition) is 6. The fourth-order valence-corrected chi connectivity index (χ4v) is 2.55. The maximum Gasteiger partial charge on any atom is 0.322 e. The van der Waals surface area contributed by atoms with Gasteiger partial charge in [0.25, 0.3) is 0 Å². The predicted molar refractivity (Wildman–Crippen MR) is 69.6 cm³/mol. The average Bonchev–Trinajstić information content (AvgIpc) is 2.91. The summed E-state index contributed by atoms with van der Waals surface area (Å²) in [5.41, 5.74) is 1.89. The normalized spacial score (nSPS) is 15.1. The standard InChI is InChI=1S/C12H10N4OS/c1-2-8(1)14-12-15-11(16-17-12)7-5-10-9(13-6-7)3-4-18-10/h3-6,8H,1-2H2,(H,14,15,16). The third kappa shape index (κ3) is 1.74. The monoisotopic (exact) mass is 258 g/mol. The Morgan fingerprint density at radius 2 is 2.33 bits per heavy atom. The molecule has 0 atom stereocenters. The highest BCUT2D eigenvalue weighted by molar-refractivity contribution is 7.17. The minimum Gasteiger partial charge on any atom is -0.335 e. The van der Waals surface area contributed by atoms with Gasteiger partial charge < -0.3 is 9.84 Å². The number of hydrogen-bond donors (Lipinski definition) is 1. The van der Waals surface area contributed by atoms with Crippen LogP contribution in [0, 0.1) is 0 Å². The Labute approximate surface area is 107 Å². The Balaban J connectivity index is 1.69. The summed E-state index contributed by atoms with van der Waals surface area (Å²) in [4.78, 5) is 8.70. The Bertz CT molecular complexity index is 701. The Kier molecular flexibility index (Phi) is 2.10. The first-order valence-electron chi connectivity index (χ1n) is 5.82. The van der Waals surface area contributed by atoms with Gasteiger partial charge in [-0.25, -0.2) is 0 Å². The lowest BCUT2D eigenvalue weighted by molar-refractivity contribution is 0.432. The molecular weight excluding hydrogens is 248 g/mol. The maximum absolute atomic E-state index is 5.17. The first kappa shape index (κ1) is 10.0. The van der Waals surface area contributed by atoms with Crippen LogP contribution in [0.4, 0.5) is 6.01 Å². The number of rotatable bonds is 3. The van der Waals surface area contributed by atoms with E-state index in [-0.39, 0.29) is 0 Å². The van der Waals surface area contributed by atoms with E-state index in [1.165, 1.54) is 12.8 Å². The van der Waals surface area contributed by atoms with Crippen LogP contribution in [0.25, 0.3) is 21.6 Å². The molecule has 1 aliphatic rings. The van der Waals surface area contributed by atoms with E-state index in [0.29, 0.717) is 17.9 Å². The maximum atomic E-state index is 5.17. The highest BCUT2D eigenvalue weighted by atomic mass is 32.1. The molecule has 3 aromatic heterocycles. The highest BCUT2D eigenvalue weighted by Crippen LogP contribution is 2.27. The van der Waals surface area contributed by atoms with Crippen molar-refractivity contribution in [2.75, 3.05) is 5.32 Å². The Hall–Kier alpha value is -1.95. The number of thiophene rings is 1. The number of pyridine rings is 1. The predicted octanol–water partition coefficient (Wildman–Crippen LogP) is 2.92. The van der Waals surface area contributed by atoms with Crippen molar-refractivity contribution in [3.63, 3.8) is 0 Å². The topological polar surface area (TPSA) is 63.8 Å². The Morgan fingerprint density at radius 3 is 3.22 bits per heavy atom. The summed E-state index contributed by atoms with van der Waals surface area (Å²) in [7, 11) is 0. The van der Waals surface area contributed by atoms with Crippen LogP contribution in [0.5, 0.6) is 0 Å². The van der Waals surface area contributed by atoms with Gasteiger partial charge in [0, 0.05) is 17.8 Å². The number of aromatic nitrogens is 3. The van der Waals surface area contributed by atoms with Crippen molar-refractivity contribution in [1.82, 2.24) is 15.1 Å². The molecule has 0 aliphatic heterocycles. The van der Waals surface area contributed by atoms with E-state index >= 15 is 0 Å². The van der Waals surface area contributed by atoms with Crippen molar-refractivity contribution in [1.29, 1.82) is 0 Å². The van der Waals surface area contributed by atoms with Crippen molar-refractivity contribution in [2.24, 2.45) is 0 Å². The molecule has 6 heteroatoms. The molecule has 0 saturated heterocycles. The van der Waals surface area contributed by atoms with Gasteiger partial charge >= 0.3 is 6.01 Å².